The summed E-state index contributed by atoms with van der Waals surface area (Å²) in [6.45, 7) is 5.15. The van der Waals surface area contributed by atoms with E-state index in [0.29, 0.717) is 5.56 Å². The van der Waals surface area contributed by atoms with Crippen LogP contribution in [0, 0.1) is 0 Å². The first-order valence-electron chi connectivity index (χ1n) is 12.8. The van der Waals surface area contributed by atoms with Gasteiger partial charge in [-0.05, 0) is 32.9 Å². The summed E-state index contributed by atoms with van der Waals surface area (Å²) in [6, 6.07) is 8.84. The second-order valence-corrected chi connectivity index (χ2v) is 11.7. The summed E-state index contributed by atoms with van der Waals surface area (Å²) in [5, 5.41) is 0.226. The Bertz CT molecular complexity index is 1490. The Balaban J connectivity index is 1.59. The van der Waals surface area contributed by atoms with Gasteiger partial charge in [-0.15, -0.1) is 0 Å². The minimum atomic E-state index is -4.50. The zero-order valence-electron chi connectivity index (χ0n) is 23.5. The molecule has 3 heterocycles. The summed E-state index contributed by atoms with van der Waals surface area (Å²) < 4.78 is 35.0. The number of fused-ring (bicyclic) bond motifs is 1. The van der Waals surface area contributed by atoms with Crippen molar-refractivity contribution < 1.29 is 42.4 Å². The van der Waals surface area contributed by atoms with Crippen LogP contribution in [-0.2, 0) is 25.1 Å². The van der Waals surface area contributed by atoms with Crippen LogP contribution >= 0.6 is 7.82 Å². The monoisotopic (exact) mass is 588 g/mol. The fourth-order valence-electron chi connectivity index (χ4n) is 4.50. The molecule has 2 amide bonds. The third-order valence-corrected chi connectivity index (χ3v) is 7.52. The van der Waals surface area contributed by atoms with Crippen LogP contribution in [0.5, 0.6) is 11.6 Å². The molecule has 41 heavy (non-hydrogen) atoms. The van der Waals surface area contributed by atoms with Crippen molar-refractivity contribution in [3.8, 4) is 11.6 Å². The first kappa shape index (κ1) is 30.2. The molecule has 220 valence electrons. The van der Waals surface area contributed by atoms with E-state index >= 15 is 0 Å². The van der Waals surface area contributed by atoms with Crippen LogP contribution < -0.4 is 9.47 Å². The van der Waals surface area contributed by atoms with E-state index in [1.807, 2.05) is 6.07 Å². The average Bonchev–Trinajstić information content (AvgIpc) is 3.34. The quantitative estimate of drug-likeness (QED) is 0.224. The van der Waals surface area contributed by atoms with Gasteiger partial charge in [0, 0.05) is 37.9 Å². The highest BCUT2D eigenvalue weighted by Gasteiger charge is 2.34. The van der Waals surface area contributed by atoms with Crippen LogP contribution in [0.1, 0.15) is 41.5 Å². The molecule has 1 unspecified atom stereocenters. The lowest BCUT2D eigenvalue weighted by atomic mass is 10.1. The number of amides is 2. The molecule has 2 aromatic heterocycles. The van der Waals surface area contributed by atoms with E-state index in [-0.39, 0.29) is 60.2 Å². The fraction of sp³-hybridized carbons (Fsp3) is 0.407. The Labute approximate surface area is 237 Å². The lowest BCUT2D eigenvalue weighted by Gasteiger charge is -2.34. The number of benzene rings is 1. The van der Waals surface area contributed by atoms with Gasteiger partial charge in [0.05, 0.1) is 37.0 Å². The third-order valence-electron chi connectivity index (χ3n) is 6.30. The normalized spacial score (nSPS) is 15.5. The lowest BCUT2D eigenvalue weighted by Crippen LogP contribution is -2.52. The van der Waals surface area contributed by atoms with E-state index in [1.165, 1.54) is 36.1 Å². The van der Waals surface area contributed by atoms with Gasteiger partial charge in [0.1, 0.15) is 18.0 Å². The van der Waals surface area contributed by atoms with Gasteiger partial charge in [-0.25, -0.2) is 9.55 Å². The first-order chi connectivity index (χ1) is 19.3. The highest BCUT2D eigenvalue weighted by molar-refractivity contribution is 7.47. The maximum Gasteiger partial charge on any atom is 0.474 e. The van der Waals surface area contributed by atoms with Gasteiger partial charge in [-0.1, -0.05) is 18.2 Å². The summed E-state index contributed by atoms with van der Waals surface area (Å²) in [6.07, 6.45) is 2.67. The van der Waals surface area contributed by atoms with E-state index in [1.54, 1.807) is 49.9 Å². The number of phosphoric ester groups is 1. The van der Waals surface area contributed by atoms with Crippen LogP contribution in [-0.4, -0.2) is 87.8 Å². The van der Waals surface area contributed by atoms with Crippen molar-refractivity contribution in [1.29, 1.82) is 0 Å². The van der Waals surface area contributed by atoms with Crippen LogP contribution in [0.2, 0.25) is 0 Å². The molecule has 0 aliphatic carbocycles. The number of pyridine rings is 1. The van der Waals surface area contributed by atoms with Crippen molar-refractivity contribution in [1.82, 2.24) is 19.4 Å². The molecule has 4 rings (SSSR count). The molecule has 13 nitrogen and oxygen atoms in total. The molecule has 1 aliphatic heterocycles. The van der Waals surface area contributed by atoms with Gasteiger partial charge in [0.15, 0.2) is 0 Å². The van der Waals surface area contributed by atoms with Crippen LogP contribution in [0.15, 0.2) is 42.7 Å². The third kappa shape index (κ3) is 6.76. The van der Waals surface area contributed by atoms with Gasteiger partial charge < -0.3 is 28.7 Å². The van der Waals surface area contributed by atoms with Gasteiger partial charge in [-0.2, -0.15) is 0 Å². The van der Waals surface area contributed by atoms with E-state index in [2.05, 4.69) is 4.98 Å². The molecule has 0 saturated carbocycles. The largest absolute Gasteiger partial charge is 0.494 e. The molecule has 14 heteroatoms. The molecule has 1 fully saturated rings. The number of ether oxygens (including phenoxy) is 2. The van der Waals surface area contributed by atoms with E-state index in [0.717, 1.165) is 0 Å². The SMILES string of the molecule is COc1cnc(OC)c2c1c(C(=O)C(=O)N1CCN(C(=O)c3ccccc3)CC1)cn2COP(=O)(O)OC(C)(C)C. The summed E-state index contributed by atoms with van der Waals surface area (Å²) in [4.78, 5) is 57.1. The van der Waals surface area contributed by atoms with Crippen molar-refractivity contribution in [2.75, 3.05) is 40.4 Å². The maximum absolute atomic E-state index is 13.6. The zero-order chi connectivity index (χ0) is 29.9. The minimum absolute atomic E-state index is 0.0292. The number of nitrogens with zero attached hydrogens (tertiary/aromatic N) is 4. The van der Waals surface area contributed by atoms with Crippen molar-refractivity contribution in [3.05, 3.63) is 53.9 Å². The Morgan fingerprint density at radius 3 is 2.22 bits per heavy atom. The topological polar surface area (TPSA) is 150 Å². The number of carbonyl (C=O) groups excluding carboxylic acids is 3. The standard InChI is InChI=1S/C27H33N4O9P/c1-27(2,3)40-41(35,36)39-17-31-16-19(21-20(37-4)15-28-24(38-5)22(21)31)23(32)26(34)30-13-11-29(12-14-30)25(33)18-9-7-6-8-10-18/h6-10,15-16H,11-14,17H2,1-5H3,(H,35,36). The van der Waals surface area contributed by atoms with Crippen molar-refractivity contribution in [3.63, 3.8) is 0 Å². The van der Waals surface area contributed by atoms with E-state index in [9.17, 15) is 23.8 Å². The summed E-state index contributed by atoms with van der Waals surface area (Å²) in [7, 11) is -1.74. The number of hydrogen-bond donors (Lipinski definition) is 1. The number of methoxy groups -OCH3 is 2. The molecule has 1 aliphatic rings. The number of rotatable bonds is 9. The number of aromatic nitrogens is 2. The Morgan fingerprint density at radius 2 is 1.63 bits per heavy atom. The Hall–Kier alpha value is -3.77. The van der Waals surface area contributed by atoms with E-state index in [4.69, 9.17) is 18.5 Å². The predicted molar refractivity (Wildman–Crippen MR) is 148 cm³/mol. The molecule has 1 N–H and O–H groups in total. The summed E-state index contributed by atoms with van der Waals surface area (Å²) in [5.41, 5.74) is -0.224. The minimum Gasteiger partial charge on any atom is -0.494 e. The van der Waals surface area contributed by atoms with Crippen molar-refractivity contribution >= 4 is 36.3 Å². The maximum atomic E-state index is 13.6. The van der Waals surface area contributed by atoms with Crippen LogP contribution in [0.3, 0.4) is 0 Å². The molecule has 0 bridgehead atoms. The second-order valence-electron chi connectivity index (χ2n) is 10.3. The number of piperazine rings is 1. The molecule has 1 atom stereocenters. The number of Topliss-reactive ketones (excluding diaryl/α,β-unsaturated/α-hetero) is 1. The van der Waals surface area contributed by atoms with Crippen LogP contribution in [0.4, 0.5) is 0 Å². The molecule has 1 saturated heterocycles. The Kier molecular flexibility index (Phi) is 8.83. The second kappa shape index (κ2) is 12.0. The predicted octanol–water partition coefficient (Wildman–Crippen LogP) is 3.11. The fourth-order valence-corrected chi connectivity index (χ4v) is 5.51. The lowest BCUT2D eigenvalue weighted by molar-refractivity contribution is -0.127. The van der Waals surface area contributed by atoms with Gasteiger partial charge in [0.2, 0.25) is 5.88 Å². The smallest absolute Gasteiger partial charge is 0.474 e. The summed E-state index contributed by atoms with van der Waals surface area (Å²) >= 11 is 0. The number of phosphoric acid groups is 1. The molecule has 0 spiro atoms. The number of ketones is 1. The molecular weight excluding hydrogens is 555 g/mol. The van der Waals surface area contributed by atoms with Crippen molar-refractivity contribution in [2.45, 2.75) is 33.1 Å². The van der Waals surface area contributed by atoms with Crippen molar-refractivity contribution in [2.24, 2.45) is 0 Å². The first-order valence-corrected chi connectivity index (χ1v) is 14.3. The summed E-state index contributed by atoms with van der Waals surface area (Å²) in [5.74, 6) is -1.48. The highest BCUT2D eigenvalue weighted by atomic mass is 31.2. The zero-order valence-corrected chi connectivity index (χ0v) is 24.4. The van der Waals surface area contributed by atoms with Crippen LogP contribution in [0.25, 0.3) is 10.9 Å². The molecule has 3 aromatic rings. The number of hydrogen-bond acceptors (Lipinski definition) is 9. The number of carbonyl (C=O) groups is 3. The highest BCUT2D eigenvalue weighted by Crippen LogP contribution is 2.48. The van der Waals surface area contributed by atoms with Gasteiger partial charge in [-0.3, -0.25) is 23.4 Å². The molecule has 0 radical (unpaired) electrons. The molecular formula is C27H33N4O9P. The van der Waals surface area contributed by atoms with Gasteiger partial charge >= 0.3 is 7.82 Å². The van der Waals surface area contributed by atoms with E-state index < -0.39 is 31.8 Å². The average molecular weight is 589 g/mol. The molecule has 1 aromatic carbocycles. The van der Waals surface area contributed by atoms with Gasteiger partial charge in [0.25, 0.3) is 17.6 Å². The Morgan fingerprint density at radius 1 is 1.00 bits per heavy atom.